The summed E-state index contributed by atoms with van der Waals surface area (Å²) in [6, 6.07) is 3.37. The van der Waals surface area contributed by atoms with Crippen LogP contribution in [-0.2, 0) is 0 Å². The van der Waals surface area contributed by atoms with Crippen LogP contribution in [0.4, 0.5) is 4.39 Å². The second-order valence-electron chi connectivity index (χ2n) is 7.32. The molecule has 2 aromatic rings. The predicted molar refractivity (Wildman–Crippen MR) is 92.6 cm³/mol. The highest BCUT2D eigenvalue weighted by Gasteiger charge is 2.29. The summed E-state index contributed by atoms with van der Waals surface area (Å²) >= 11 is 0. The summed E-state index contributed by atoms with van der Waals surface area (Å²) in [5, 5.41) is 9.44. The molecule has 0 radical (unpaired) electrons. The predicted octanol–water partition coefficient (Wildman–Crippen LogP) is 3.16. The minimum absolute atomic E-state index is 0.103. The smallest absolute Gasteiger partial charge is 0.341 e. The lowest BCUT2D eigenvalue weighted by Crippen LogP contribution is -2.26. The van der Waals surface area contributed by atoms with Gasteiger partial charge in [-0.15, -0.1) is 0 Å². The summed E-state index contributed by atoms with van der Waals surface area (Å²) in [7, 11) is 0. The quantitative estimate of drug-likeness (QED) is 0.896. The van der Waals surface area contributed by atoms with E-state index in [-0.39, 0.29) is 29.0 Å². The van der Waals surface area contributed by atoms with Crippen LogP contribution in [-0.4, -0.2) is 21.7 Å². The third-order valence-electron chi connectivity index (χ3n) is 5.53. The number of hydrogen-bond donors (Lipinski definition) is 2. The van der Waals surface area contributed by atoms with Gasteiger partial charge in [-0.25, -0.2) is 9.18 Å². The Balaban J connectivity index is 1.90. The van der Waals surface area contributed by atoms with E-state index < -0.39 is 17.2 Å². The van der Waals surface area contributed by atoms with Gasteiger partial charge in [0.1, 0.15) is 11.4 Å². The van der Waals surface area contributed by atoms with Gasteiger partial charge in [0.15, 0.2) is 0 Å². The van der Waals surface area contributed by atoms with Crippen molar-refractivity contribution < 1.29 is 14.3 Å². The van der Waals surface area contributed by atoms with Gasteiger partial charge in [-0.05, 0) is 62.1 Å². The fourth-order valence-electron chi connectivity index (χ4n) is 3.94. The van der Waals surface area contributed by atoms with Crippen LogP contribution in [0.1, 0.15) is 66.4 Å². The van der Waals surface area contributed by atoms with E-state index in [1.165, 1.54) is 12.3 Å². The molecule has 0 saturated heterocycles. The molecule has 1 heterocycles. The molecule has 2 fully saturated rings. The van der Waals surface area contributed by atoms with Gasteiger partial charge in [-0.3, -0.25) is 4.79 Å². The molecule has 4 rings (SSSR count). The molecule has 0 spiro atoms. The van der Waals surface area contributed by atoms with E-state index in [0.717, 1.165) is 38.5 Å². The van der Waals surface area contributed by atoms with Gasteiger partial charge in [0.05, 0.1) is 5.52 Å². The Bertz CT molecular complexity index is 909. The molecule has 5 nitrogen and oxygen atoms in total. The summed E-state index contributed by atoms with van der Waals surface area (Å²) in [6.45, 7) is 0. The zero-order valence-electron chi connectivity index (χ0n) is 13.9. The van der Waals surface area contributed by atoms with Crippen molar-refractivity contribution in [3.8, 4) is 0 Å². The summed E-state index contributed by atoms with van der Waals surface area (Å²) in [5.41, 5.74) is 6.30. The van der Waals surface area contributed by atoms with Crippen LogP contribution in [0, 0.1) is 5.82 Å². The Morgan fingerprint density at radius 1 is 1.16 bits per heavy atom. The van der Waals surface area contributed by atoms with Crippen molar-refractivity contribution in [2.75, 3.05) is 0 Å². The number of nitrogens with two attached hydrogens (primary N) is 1. The van der Waals surface area contributed by atoms with E-state index in [9.17, 15) is 19.1 Å². The first kappa shape index (κ1) is 16.3. The lowest BCUT2D eigenvalue weighted by molar-refractivity contribution is 0.0695. The molecule has 6 heteroatoms. The van der Waals surface area contributed by atoms with Crippen molar-refractivity contribution in [1.29, 1.82) is 0 Å². The zero-order chi connectivity index (χ0) is 17.7. The van der Waals surface area contributed by atoms with Crippen LogP contribution in [0.15, 0.2) is 23.1 Å². The molecule has 2 aliphatic rings. The number of carboxylic acid groups (broad SMARTS) is 1. The first-order chi connectivity index (χ1) is 12.0. The summed E-state index contributed by atoms with van der Waals surface area (Å²) in [6.07, 6.45) is 6.73. The number of rotatable bonds is 3. The summed E-state index contributed by atoms with van der Waals surface area (Å²) < 4.78 is 16.6. The van der Waals surface area contributed by atoms with Crippen LogP contribution < -0.4 is 11.2 Å². The van der Waals surface area contributed by atoms with Crippen LogP contribution in [0.2, 0.25) is 0 Å². The highest BCUT2D eigenvalue weighted by atomic mass is 19.1. The third kappa shape index (κ3) is 2.84. The SMILES string of the molecule is NC1CCC(c2cc3c(cc2F)c(=O)c(C(=O)O)cn3C2CC2)CC1. The maximum atomic E-state index is 14.7. The van der Waals surface area contributed by atoms with Crippen molar-refractivity contribution in [3.05, 3.63) is 45.5 Å². The Labute approximate surface area is 144 Å². The van der Waals surface area contributed by atoms with Gasteiger partial charge in [-0.1, -0.05) is 0 Å². The molecular weight excluding hydrogens is 323 g/mol. The van der Waals surface area contributed by atoms with Crippen LogP contribution in [0.5, 0.6) is 0 Å². The van der Waals surface area contributed by atoms with E-state index in [1.807, 2.05) is 4.57 Å². The maximum absolute atomic E-state index is 14.7. The molecule has 0 unspecified atom stereocenters. The molecule has 0 amide bonds. The number of aromatic nitrogens is 1. The highest BCUT2D eigenvalue weighted by Crippen LogP contribution is 2.39. The molecule has 0 bridgehead atoms. The van der Waals surface area contributed by atoms with Gasteiger partial charge in [0.2, 0.25) is 5.43 Å². The number of fused-ring (bicyclic) bond motifs is 1. The number of carbonyl (C=O) groups is 1. The Hall–Kier alpha value is -2.21. The van der Waals surface area contributed by atoms with Crippen molar-refractivity contribution in [3.63, 3.8) is 0 Å². The molecular formula is C19H21FN2O3. The largest absolute Gasteiger partial charge is 0.477 e. The Morgan fingerprint density at radius 2 is 1.84 bits per heavy atom. The number of carboxylic acids is 1. The molecule has 0 atom stereocenters. The van der Waals surface area contributed by atoms with Crippen molar-refractivity contribution in [2.45, 2.75) is 56.5 Å². The molecule has 25 heavy (non-hydrogen) atoms. The number of hydrogen-bond acceptors (Lipinski definition) is 3. The van der Waals surface area contributed by atoms with E-state index in [2.05, 4.69) is 0 Å². The zero-order valence-corrected chi connectivity index (χ0v) is 13.9. The molecule has 3 N–H and O–H groups in total. The fraction of sp³-hybridized carbons (Fsp3) is 0.474. The minimum Gasteiger partial charge on any atom is -0.477 e. The van der Waals surface area contributed by atoms with Gasteiger partial charge < -0.3 is 15.4 Å². The monoisotopic (exact) mass is 344 g/mol. The van der Waals surface area contributed by atoms with E-state index in [1.54, 1.807) is 6.07 Å². The molecule has 2 saturated carbocycles. The topological polar surface area (TPSA) is 85.3 Å². The number of benzene rings is 1. The standard InChI is InChI=1S/C19H21FN2O3/c20-16-7-14-17(8-13(16)10-1-3-11(21)4-2-10)22(12-5-6-12)9-15(18(14)23)19(24)25/h7-12H,1-6,21H2,(H,24,25). The average Bonchev–Trinajstić information content (AvgIpc) is 3.41. The normalized spacial score (nSPS) is 23.8. The second kappa shape index (κ2) is 5.95. The van der Waals surface area contributed by atoms with E-state index in [4.69, 9.17) is 5.73 Å². The lowest BCUT2D eigenvalue weighted by Gasteiger charge is -2.27. The molecule has 1 aromatic carbocycles. The van der Waals surface area contributed by atoms with Crippen molar-refractivity contribution >= 4 is 16.9 Å². The van der Waals surface area contributed by atoms with Crippen molar-refractivity contribution in [1.82, 2.24) is 4.57 Å². The average molecular weight is 344 g/mol. The Morgan fingerprint density at radius 3 is 2.44 bits per heavy atom. The molecule has 1 aromatic heterocycles. The second-order valence-corrected chi connectivity index (χ2v) is 7.32. The van der Waals surface area contributed by atoms with E-state index in [0.29, 0.717) is 11.1 Å². The van der Waals surface area contributed by atoms with Crippen LogP contribution >= 0.6 is 0 Å². The Kier molecular flexibility index (Phi) is 3.87. The van der Waals surface area contributed by atoms with Gasteiger partial charge in [-0.2, -0.15) is 0 Å². The molecule has 0 aliphatic heterocycles. The summed E-state index contributed by atoms with van der Waals surface area (Å²) in [5.74, 6) is -1.59. The van der Waals surface area contributed by atoms with Gasteiger partial charge in [0, 0.05) is 23.7 Å². The van der Waals surface area contributed by atoms with Crippen molar-refractivity contribution in [2.24, 2.45) is 5.73 Å². The molecule has 132 valence electrons. The molecule has 2 aliphatic carbocycles. The maximum Gasteiger partial charge on any atom is 0.341 e. The van der Waals surface area contributed by atoms with E-state index >= 15 is 0 Å². The van der Waals surface area contributed by atoms with Gasteiger partial charge in [0.25, 0.3) is 0 Å². The summed E-state index contributed by atoms with van der Waals surface area (Å²) in [4.78, 5) is 23.8. The fourth-order valence-corrected chi connectivity index (χ4v) is 3.94. The lowest BCUT2D eigenvalue weighted by atomic mass is 9.81. The number of aromatic carboxylic acids is 1. The number of nitrogens with zero attached hydrogens (tertiary/aromatic N) is 1. The van der Waals surface area contributed by atoms with Gasteiger partial charge >= 0.3 is 5.97 Å². The number of pyridine rings is 1. The van der Waals surface area contributed by atoms with Crippen LogP contribution in [0.25, 0.3) is 10.9 Å². The first-order valence-corrected chi connectivity index (χ1v) is 8.83. The third-order valence-corrected chi connectivity index (χ3v) is 5.53. The first-order valence-electron chi connectivity index (χ1n) is 8.83. The number of halogens is 1. The minimum atomic E-state index is -1.27. The van der Waals surface area contributed by atoms with Crippen LogP contribution in [0.3, 0.4) is 0 Å². The highest BCUT2D eigenvalue weighted by molar-refractivity contribution is 5.92.